The molecule has 5 heteroatoms. The quantitative estimate of drug-likeness (QED) is 0.664. The summed E-state index contributed by atoms with van der Waals surface area (Å²) >= 11 is 0. The van der Waals surface area contributed by atoms with Gasteiger partial charge < -0.3 is 5.32 Å². The highest BCUT2D eigenvalue weighted by atomic mass is 16.2. The second kappa shape index (κ2) is 5.95. The summed E-state index contributed by atoms with van der Waals surface area (Å²) in [6.07, 6.45) is 3.37. The highest BCUT2D eigenvalue weighted by Gasteiger charge is 2.25. The molecule has 0 aromatic heterocycles. The molecule has 2 heterocycles. The van der Waals surface area contributed by atoms with Crippen molar-refractivity contribution in [2.45, 2.75) is 35.1 Å². The first-order valence-corrected chi connectivity index (χ1v) is 4.97. The van der Waals surface area contributed by atoms with Gasteiger partial charge in [-0.25, -0.2) is 4.99 Å². The van der Waals surface area contributed by atoms with Crippen LogP contribution < -0.4 is 10.7 Å². The fraction of sp³-hybridized carbons (Fsp3) is 0.455. The van der Waals surface area contributed by atoms with E-state index in [1.165, 1.54) is 0 Å². The largest absolute Gasteiger partial charge is 0.323 e. The van der Waals surface area contributed by atoms with E-state index in [1.54, 1.807) is 18.3 Å². The number of amides is 1. The molecule has 0 saturated heterocycles. The Labute approximate surface area is 98.4 Å². The van der Waals surface area contributed by atoms with Crippen molar-refractivity contribution in [2.24, 2.45) is 4.99 Å². The molecule has 1 amide bonds. The SMILES string of the molecule is C.CC.CC1=CN2NC=NC(C)=C2C(=O)N1.[HH]. The Kier molecular flexibility index (Phi) is 5.29. The Morgan fingerprint density at radius 1 is 1.38 bits per heavy atom. The Bertz CT molecular complexity index is 360. The summed E-state index contributed by atoms with van der Waals surface area (Å²) in [6, 6.07) is 0. The van der Waals surface area contributed by atoms with Crippen LogP contribution in [0.2, 0.25) is 0 Å². The minimum Gasteiger partial charge on any atom is -0.323 e. The van der Waals surface area contributed by atoms with E-state index in [9.17, 15) is 4.79 Å². The van der Waals surface area contributed by atoms with Crippen LogP contribution in [-0.2, 0) is 4.79 Å². The van der Waals surface area contributed by atoms with Gasteiger partial charge in [-0.05, 0) is 13.8 Å². The molecule has 92 valence electrons. The lowest BCUT2D eigenvalue weighted by Crippen LogP contribution is -2.45. The molecule has 0 unspecified atom stereocenters. The average Bonchev–Trinajstić information content (AvgIpc) is 2.19. The molecule has 2 N–H and O–H groups in total. The van der Waals surface area contributed by atoms with Crippen LogP contribution in [0.5, 0.6) is 0 Å². The molecule has 2 rings (SSSR count). The third kappa shape index (κ3) is 2.62. The van der Waals surface area contributed by atoms with Gasteiger partial charge in [0.2, 0.25) is 0 Å². The predicted octanol–water partition coefficient (Wildman–Crippen LogP) is 1.97. The first-order chi connectivity index (χ1) is 7.18. The van der Waals surface area contributed by atoms with Crippen LogP contribution in [0.1, 0.15) is 36.5 Å². The average molecular weight is 226 g/mol. The zero-order valence-electron chi connectivity index (χ0n) is 9.46. The van der Waals surface area contributed by atoms with Crippen molar-refractivity contribution < 1.29 is 6.22 Å². The third-order valence-corrected chi connectivity index (χ3v) is 1.89. The Morgan fingerprint density at radius 3 is 2.62 bits per heavy atom. The van der Waals surface area contributed by atoms with Gasteiger partial charge in [0.15, 0.2) is 0 Å². The van der Waals surface area contributed by atoms with E-state index < -0.39 is 0 Å². The zero-order valence-corrected chi connectivity index (χ0v) is 9.46. The second-order valence-electron chi connectivity index (χ2n) is 2.96. The lowest BCUT2D eigenvalue weighted by Gasteiger charge is -2.30. The van der Waals surface area contributed by atoms with Crippen LogP contribution in [0.3, 0.4) is 0 Å². The van der Waals surface area contributed by atoms with E-state index in [0.29, 0.717) is 11.4 Å². The van der Waals surface area contributed by atoms with Crippen LogP contribution in [0, 0.1) is 0 Å². The summed E-state index contributed by atoms with van der Waals surface area (Å²) in [5.41, 5.74) is 4.93. The summed E-state index contributed by atoms with van der Waals surface area (Å²) in [4.78, 5) is 15.5. The minimum absolute atomic E-state index is 0. The van der Waals surface area contributed by atoms with Gasteiger partial charge in [0.25, 0.3) is 5.91 Å². The summed E-state index contributed by atoms with van der Waals surface area (Å²) in [5, 5.41) is 4.38. The first-order valence-electron chi connectivity index (χ1n) is 4.97. The molecule has 0 aromatic rings. The van der Waals surface area contributed by atoms with Crippen LogP contribution in [0.15, 0.2) is 28.3 Å². The van der Waals surface area contributed by atoms with Crippen molar-refractivity contribution in [2.75, 3.05) is 0 Å². The molecule has 2 aliphatic rings. The van der Waals surface area contributed by atoms with E-state index >= 15 is 0 Å². The third-order valence-electron chi connectivity index (χ3n) is 1.89. The maximum atomic E-state index is 11.5. The number of carbonyl (C=O) groups is 1. The lowest BCUT2D eigenvalue weighted by molar-refractivity contribution is -0.118. The van der Waals surface area contributed by atoms with Crippen LogP contribution in [0.25, 0.3) is 0 Å². The van der Waals surface area contributed by atoms with Gasteiger partial charge in [-0.3, -0.25) is 15.2 Å². The van der Waals surface area contributed by atoms with Crippen LogP contribution in [-0.4, -0.2) is 17.3 Å². The molecular formula is C11H22N4O. The Morgan fingerprint density at radius 2 is 2.00 bits per heavy atom. The van der Waals surface area contributed by atoms with Crippen LogP contribution in [0.4, 0.5) is 0 Å². The molecule has 5 nitrogen and oxygen atoms in total. The fourth-order valence-electron chi connectivity index (χ4n) is 1.33. The van der Waals surface area contributed by atoms with E-state index in [4.69, 9.17) is 0 Å². The number of fused-ring (bicyclic) bond motifs is 1. The first kappa shape index (κ1) is 14.2. The number of hydrazine groups is 1. The number of nitrogens with one attached hydrogen (secondary N) is 2. The van der Waals surface area contributed by atoms with Gasteiger partial charge >= 0.3 is 0 Å². The molecule has 0 radical (unpaired) electrons. The number of rotatable bonds is 0. The summed E-state index contributed by atoms with van der Waals surface area (Å²) < 4.78 is 0. The summed E-state index contributed by atoms with van der Waals surface area (Å²) in [5.74, 6) is -0.123. The monoisotopic (exact) mass is 226 g/mol. The number of carbonyl (C=O) groups excluding carboxylic acids is 1. The molecule has 0 aromatic carbocycles. The van der Waals surface area contributed by atoms with Gasteiger partial charge in [0, 0.05) is 13.3 Å². The number of aliphatic imine (C=N–C) groups is 1. The van der Waals surface area contributed by atoms with Gasteiger partial charge in [0.1, 0.15) is 12.0 Å². The van der Waals surface area contributed by atoms with E-state index in [1.807, 2.05) is 27.0 Å². The molecule has 0 aliphatic carbocycles. The van der Waals surface area contributed by atoms with E-state index in [-0.39, 0.29) is 14.8 Å². The van der Waals surface area contributed by atoms with Gasteiger partial charge in [-0.2, -0.15) is 0 Å². The smallest absolute Gasteiger partial charge is 0.275 e. The summed E-state index contributed by atoms with van der Waals surface area (Å²) in [6.45, 7) is 7.63. The fourth-order valence-corrected chi connectivity index (χ4v) is 1.33. The van der Waals surface area contributed by atoms with Crippen LogP contribution >= 0.6 is 0 Å². The Hall–Kier alpha value is -1.78. The van der Waals surface area contributed by atoms with Crippen molar-refractivity contribution in [1.82, 2.24) is 15.8 Å². The summed E-state index contributed by atoms with van der Waals surface area (Å²) in [7, 11) is 0. The molecule has 0 spiro atoms. The molecule has 0 saturated carbocycles. The highest BCUT2D eigenvalue weighted by Crippen LogP contribution is 2.17. The predicted molar refractivity (Wildman–Crippen MR) is 68.3 cm³/mol. The maximum Gasteiger partial charge on any atom is 0.275 e. The van der Waals surface area contributed by atoms with Crippen molar-refractivity contribution in [3.05, 3.63) is 23.3 Å². The van der Waals surface area contributed by atoms with E-state index in [2.05, 4.69) is 15.7 Å². The second-order valence-corrected chi connectivity index (χ2v) is 2.96. The highest BCUT2D eigenvalue weighted by molar-refractivity contribution is 5.96. The van der Waals surface area contributed by atoms with Crippen molar-refractivity contribution in [1.29, 1.82) is 0 Å². The molecule has 0 bridgehead atoms. The van der Waals surface area contributed by atoms with Gasteiger partial charge in [-0.15, -0.1) is 0 Å². The topological polar surface area (TPSA) is 56.7 Å². The lowest BCUT2D eigenvalue weighted by atomic mass is 10.2. The number of nitrogens with zero attached hydrogens (tertiary/aromatic N) is 2. The molecular weight excluding hydrogens is 204 g/mol. The number of allylic oxidation sites excluding steroid dienone is 2. The zero-order chi connectivity index (χ0) is 11.4. The number of hydrogen-bond acceptors (Lipinski definition) is 4. The standard InChI is InChI=1S/C8H10N4O.C2H6.CH4.H2/c1-5-3-12-7(8(13)11-5)6(2)9-4-10-12;1-2;;/h3-4H,1-2H3,(H,9,10)(H,11,13);1-2H3;1H4;1H. The van der Waals surface area contributed by atoms with E-state index in [0.717, 1.165) is 5.70 Å². The van der Waals surface area contributed by atoms with Gasteiger partial charge in [-0.1, -0.05) is 21.3 Å². The normalized spacial score (nSPS) is 17.1. The van der Waals surface area contributed by atoms with Crippen molar-refractivity contribution >= 4 is 12.2 Å². The molecule has 16 heavy (non-hydrogen) atoms. The molecule has 0 atom stereocenters. The van der Waals surface area contributed by atoms with Crippen molar-refractivity contribution in [3.63, 3.8) is 0 Å². The molecule has 0 fully saturated rings. The van der Waals surface area contributed by atoms with Gasteiger partial charge in [0.05, 0.1) is 5.70 Å². The maximum absolute atomic E-state index is 11.5. The minimum atomic E-state index is -0.123. The molecule has 2 aliphatic heterocycles. The number of hydrogen-bond donors (Lipinski definition) is 2. The van der Waals surface area contributed by atoms with Crippen molar-refractivity contribution in [3.8, 4) is 0 Å². The Balaban J connectivity index is 0.